The quantitative estimate of drug-likeness (QED) is 0.882. The second kappa shape index (κ2) is 6.61. The molecule has 1 amide bonds. The fourth-order valence-electron chi connectivity index (χ4n) is 2.85. The summed E-state index contributed by atoms with van der Waals surface area (Å²) in [4.78, 5) is 14.4. The van der Waals surface area contributed by atoms with Crippen molar-refractivity contribution in [3.63, 3.8) is 0 Å². The Hall–Kier alpha value is -1.03. The molecule has 1 aliphatic rings. The lowest BCUT2D eigenvalue weighted by molar-refractivity contribution is 0.0756. The van der Waals surface area contributed by atoms with E-state index in [2.05, 4.69) is 29.8 Å². The molecule has 0 radical (unpaired) electrons. The summed E-state index contributed by atoms with van der Waals surface area (Å²) in [7, 11) is 0. The zero-order chi connectivity index (χ0) is 14.7. The van der Waals surface area contributed by atoms with Gasteiger partial charge in [0.05, 0.1) is 5.56 Å². The van der Waals surface area contributed by atoms with Crippen LogP contribution in [0, 0.1) is 11.8 Å². The molecule has 20 heavy (non-hydrogen) atoms. The molecular weight excluding hydrogens is 318 g/mol. The van der Waals surface area contributed by atoms with Gasteiger partial charge in [0.1, 0.15) is 5.75 Å². The molecule has 3 nitrogen and oxygen atoms in total. The minimum atomic E-state index is -0.0561. The smallest absolute Gasteiger partial charge is 0.257 e. The molecule has 1 saturated heterocycles. The van der Waals surface area contributed by atoms with E-state index in [1.54, 1.807) is 18.2 Å². The van der Waals surface area contributed by atoms with E-state index in [9.17, 15) is 9.90 Å². The largest absolute Gasteiger partial charge is 0.507 e. The van der Waals surface area contributed by atoms with Crippen molar-refractivity contribution in [2.75, 3.05) is 13.1 Å². The molecule has 2 rings (SSSR count). The summed E-state index contributed by atoms with van der Waals surface area (Å²) in [5, 5.41) is 9.93. The number of carbonyl (C=O) groups excluding carboxylic acids is 1. The standard InChI is InChI=1S/C16H22BrNO2/c1-11(2)12-4-3-8-18(9-7-12)16(20)14-6-5-13(17)10-15(14)19/h5-6,10-12,19H,3-4,7-9H2,1-2H3. The molecule has 1 N–H and O–H groups in total. The van der Waals surface area contributed by atoms with E-state index in [-0.39, 0.29) is 11.7 Å². The topological polar surface area (TPSA) is 40.5 Å². The number of likely N-dealkylation sites (tertiary alicyclic amines) is 1. The molecule has 0 aliphatic carbocycles. The number of amides is 1. The molecule has 1 heterocycles. The van der Waals surface area contributed by atoms with Crippen LogP contribution in [0.2, 0.25) is 0 Å². The van der Waals surface area contributed by atoms with Crippen LogP contribution in [0.4, 0.5) is 0 Å². The highest BCUT2D eigenvalue weighted by molar-refractivity contribution is 9.10. The van der Waals surface area contributed by atoms with Gasteiger partial charge in [0.15, 0.2) is 0 Å². The maximum atomic E-state index is 12.5. The van der Waals surface area contributed by atoms with Gasteiger partial charge in [0, 0.05) is 17.6 Å². The lowest BCUT2D eigenvalue weighted by Gasteiger charge is -2.22. The first-order valence-electron chi connectivity index (χ1n) is 7.27. The fraction of sp³-hybridized carbons (Fsp3) is 0.562. The Labute approximate surface area is 129 Å². The molecule has 0 saturated carbocycles. The van der Waals surface area contributed by atoms with E-state index in [4.69, 9.17) is 0 Å². The summed E-state index contributed by atoms with van der Waals surface area (Å²) in [6.07, 6.45) is 3.29. The summed E-state index contributed by atoms with van der Waals surface area (Å²) in [5.74, 6) is 1.37. The van der Waals surface area contributed by atoms with Crippen LogP contribution in [-0.2, 0) is 0 Å². The average Bonchev–Trinajstić information content (AvgIpc) is 2.63. The number of benzene rings is 1. The Bertz CT molecular complexity index is 487. The normalized spacial score (nSPS) is 20.0. The molecule has 0 bridgehead atoms. The third-order valence-electron chi connectivity index (χ3n) is 4.19. The molecule has 0 spiro atoms. The Kier molecular flexibility index (Phi) is 5.08. The molecule has 110 valence electrons. The van der Waals surface area contributed by atoms with Gasteiger partial charge in [-0.25, -0.2) is 0 Å². The summed E-state index contributed by atoms with van der Waals surface area (Å²) in [6, 6.07) is 5.05. The van der Waals surface area contributed by atoms with E-state index in [1.165, 1.54) is 6.42 Å². The number of hydrogen-bond acceptors (Lipinski definition) is 2. The minimum Gasteiger partial charge on any atom is -0.507 e. The Morgan fingerprint density at radius 1 is 1.35 bits per heavy atom. The van der Waals surface area contributed by atoms with Crippen molar-refractivity contribution >= 4 is 21.8 Å². The molecule has 0 aromatic heterocycles. The van der Waals surface area contributed by atoms with Gasteiger partial charge in [-0.2, -0.15) is 0 Å². The van der Waals surface area contributed by atoms with Gasteiger partial charge >= 0.3 is 0 Å². The highest BCUT2D eigenvalue weighted by atomic mass is 79.9. The third-order valence-corrected chi connectivity index (χ3v) is 4.69. The highest BCUT2D eigenvalue weighted by Gasteiger charge is 2.24. The van der Waals surface area contributed by atoms with Crippen LogP contribution in [0.1, 0.15) is 43.5 Å². The Balaban J connectivity index is 2.09. The minimum absolute atomic E-state index is 0.0500. The Morgan fingerprint density at radius 3 is 2.75 bits per heavy atom. The Morgan fingerprint density at radius 2 is 2.10 bits per heavy atom. The van der Waals surface area contributed by atoms with Crippen molar-refractivity contribution in [1.82, 2.24) is 4.90 Å². The van der Waals surface area contributed by atoms with Crippen LogP contribution in [0.3, 0.4) is 0 Å². The van der Waals surface area contributed by atoms with Crippen molar-refractivity contribution in [3.8, 4) is 5.75 Å². The van der Waals surface area contributed by atoms with Crippen LogP contribution >= 0.6 is 15.9 Å². The van der Waals surface area contributed by atoms with Crippen molar-refractivity contribution < 1.29 is 9.90 Å². The van der Waals surface area contributed by atoms with Gasteiger partial charge in [-0.05, 0) is 49.3 Å². The predicted octanol–water partition coefficient (Wildman–Crippen LogP) is 4.05. The number of aromatic hydroxyl groups is 1. The van der Waals surface area contributed by atoms with E-state index < -0.39 is 0 Å². The van der Waals surface area contributed by atoms with Gasteiger partial charge in [0.25, 0.3) is 5.91 Å². The molecule has 1 atom stereocenters. The van der Waals surface area contributed by atoms with Gasteiger partial charge in [-0.1, -0.05) is 29.8 Å². The second-order valence-corrected chi connectivity index (χ2v) is 6.80. The van der Waals surface area contributed by atoms with E-state index in [0.717, 1.165) is 30.4 Å². The van der Waals surface area contributed by atoms with Crippen molar-refractivity contribution in [2.24, 2.45) is 11.8 Å². The first-order chi connectivity index (χ1) is 9.49. The molecule has 4 heteroatoms. The molecule has 1 aliphatic heterocycles. The zero-order valence-corrected chi connectivity index (χ0v) is 13.7. The monoisotopic (exact) mass is 339 g/mol. The summed E-state index contributed by atoms with van der Waals surface area (Å²) >= 11 is 3.29. The van der Waals surface area contributed by atoms with Crippen molar-refractivity contribution in [3.05, 3.63) is 28.2 Å². The zero-order valence-electron chi connectivity index (χ0n) is 12.1. The second-order valence-electron chi connectivity index (χ2n) is 5.89. The maximum Gasteiger partial charge on any atom is 0.257 e. The summed E-state index contributed by atoms with van der Waals surface area (Å²) in [5.41, 5.74) is 0.399. The lowest BCUT2D eigenvalue weighted by Crippen LogP contribution is -2.32. The van der Waals surface area contributed by atoms with E-state index >= 15 is 0 Å². The van der Waals surface area contributed by atoms with Crippen molar-refractivity contribution in [1.29, 1.82) is 0 Å². The lowest BCUT2D eigenvalue weighted by atomic mass is 9.89. The van der Waals surface area contributed by atoms with Crippen LogP contribution in [0.5, 0.6) is 5.75 Å². The van der Waals surface area contributed by atoms with E-state index in [1.807, 2.05) is 4.90 Å². The molecule has 1 aromatic carbocycles. The van der Waals surface area contributed by atoms with Crippen LogP contribution < -0.4 is 0 Å². The predicted molar refractivity (Wildman–Crippen MR) is 83.9 cm³/mol. The number of rotatable bonds is 2. The SMILES string of the molecule is CC(C)C1CCCN(C(=O)c2ccc(Br)cc2O)CC1. The maximum absolute atomic E-state index is 12.5. The first-order valence-corrected chi connectivity index (χ1v) is 8.06. The van der Waals surface area contributed by atoms with Gasteiger partial charge in [-0.3, -0.25) is 4.79 Å². The number of nitrogens with zero attached hydrogens (tertiary/aromatic N) is 1. The van der Waals surface area contributed by atoms with Crippen LogP contribution in [-0.4, -0.2) is 29.0 Å². The highest BCUT2D eigenvalue weighted by Crippen LogP contribution is 2.27. The molecule has 1 aromatic rings. The van der Waals surface area contributed by atoms with Gasteiger partial charge in [0.2, 0.25) is 0 Å². The number of carbonyl (C=O) groups is 1. The number of phenols is 1. The van der Waals surface area contributed by atoms with Gasteiger partial charge in [-0.15, -0.1) is 0 Å². The fourth-order valence-corrected chi connectivity index (χ4v) is 3.20. The van der Waals surface area contributed by atoms with Crippen LogP contribution in [0.15, 0.2) is 22.7 Å². The number of halogens is 1. The average molecular weight is 340 g/mol. The summed E-state index contributed by atoms with van der Waals surface area (Å²) < 4.78 is 0.780. The number of phenolic OH excluding ortho intramolecular Hbond substituents is 1. The molecular formula is C16H22BrNO2. The summed E-state index contributed by atoms with van der Waals surface area (Å²) in [6.45, 7) is 6.08. The van der Waals surface area contributed by atoms with Crippen molar-refractivity contribution in [2.45, 2.75) is 33.1 Å². The molecule has 1 unspecified atom stereocenters. The number of hydrogen-bond donors (Lipinski definition) is 1. The van der Waals surface area contributed by atoms with Crippen LogP contribution in [0.25, 0.3) is 0 Å². The van der Waals surface area contributed by atoms with E-state index in [0.29, 0.717) is 17.4 Å². The van der Waals surface area contributed by atoms with Gasteiger partial charge < -0.3 is 10.0 Å². The first kappa shape index (κ1) is 15.4. The third kappa shape index (κ3) is 3.54. The molecule has 1 fully saturated rings.